The van der Waals surface area contributed by atoms with Crippen LogP contribution >= 0.6 is 11.8 Å². The molecule has 3 rings (SSSR count). The second-order valence-corrected chi connectivity index (χ2v) is 7.44. The van der Waals surface area contributed by atoms with Gasteiger partial charge in [-0.1, -0.05) is 24.6 Å². The molecular formula is C17H29N9S. The van der Waals surface area contributed by atoms with Crippen LogP contribution in [0, 0.1) is 0 Å². The third kappa shape index (κ3) is 5.00. The van der Waals surface area contributed by atoms with E-state index in [1.54, 1.807) is 29.8 Å². The van der Waals surface area contributed by atoms with Crippen molar-refractivity contribution in [2.24, 2.45) is 12.0 Å². The molecule has 27 heavy (non-hydrogen) atoms. The molecule has 0 aliphatic heterocycles. The van der Waals surface area contributed by atoms with Crippen molar-refractivity contribution >= 4 is 17.7 Å². The maximum absolute atomic E-state index is 4.45. The van der Waals surface area contributed by atoms with Crippen molar-refractivity contribution in [1.82, 2.24) is 40.2 Å². The molecule has 1 aliphatic carbocycles. The first kappa shape index (κ1) is 19.7. The molecule has 0 spiro atoms. The number of hydrogen-bond acceptors (Lipinski definition) is 6. The summed E-state index contributed by atoms with van der Waals surface area (Å²) in [6.07, 6.45) is 10.6. The van der Waals surface area contributed by atoms with Crippen molar-refractivity contribution in [3.05, 3.63) is 18.0 Å². The fraction of sp³-hybridized carbons (Fsp3) is 0.706. The Kier molecular flexibility index (Phi) is 7.08. The van der Waals surface area contributed by atoms with Crippen LogP contribution in [-0.4, -0.2) is 55.3 Å². The van der Waals surface area contributed by atoms with Crippen LogP contribution in [0.25, 0.3) is 0 Å². The Balaban J connectivity index is 1.46. The van der Waals surface area contributed by atoms with Crippen molar-refractivity contribution < 1.29 is 0 Å². The minimum atomic E-state index is 0.575. The molecule has 9 nitrogen and oxygen atoms in total. The third-order valence-electron chi connectivity index (χ3n) is 4.92. The molecule has 0 amide bonds. The third-order valence-corrected chi connectivity index (χ3v) is 5.56. The largest absolute Gasteiger partial charge is 0.356 e. The van der Waals surface area contributed by atoms with Crippen LogP contribution in [0.1, 0.15) is 49.8 Å². The van der Waals surface area contributed by atoms with Crippen LogP contribution in [0.3, 0.4) is 0 Å². The van der Waals surface area contributed by atoms with Crippen molar-refractivity contribution in [1.29, 1.82) is 0 Å². The summed E-state index contributed by atoms with van der Waals surface area (Å²) in [6.45, 7) is 1.41. The molecule has 0 saturated heterocycles. The summed E-state index contributed by atoms with van der Waals surface area (Å²) in [7, 11) is 3.65. The molecule has 1 fully saturated rings. The lowest BCUT2D eigenvalue weighted by molar-refractivity contribution is 0.460. The van der Waals surface area contributed by atoms with E-state index in [1.807, 2.05) is 7.05 Å². The van der Waals surface area contributed by atoms with Crippen molar-refractivity contribution in [3.63, 3.8) is 0 Å². The fourth-order valence-corrected chi connectivity index (χ4v) is 4.04. The van der Waals surface area contributed by atoms with Crippen molar-refractivity contribution in [2.45, 2.75) is 56.3 Å². The number of rotatable bonds is 8. The molecule has 0 unspecified atom stereocenters. The van der Waals surface area contributed by atoms with E-state index < -0.39 is 0 Å². The summed E-state index contributed by atoms with van der Waals surface area (Å²) in [5.41, 5.74) is 0. The van der Waals surface area contributed by atoms with Gasteiger partial charge in [0, 0.05) is 33.1 Å². The Labute approximate surface area is 164 Å². The van der Waals surface area contributed by atoms with Crippen molar-refractivity contribution in [3.8, 4) is 0 Å². The van der Waals surface area contributed by atoms with E-state index in [9.17, 15) is 0 Å². The lowest BCUT2D eigenvalue weighted by Crippen LogP contribution is -2.38. The van der Waals surface area contributed by atoms with Gasteiger partial charge in [0.1, 0.15) is 18.0 Å². The smallest absolute Gasteiger partial charge is 0.191 e. The van der Waals surface area contributed by atoms with E-state index in [0.29, 0.717) is 12.6 Å². The molecule has 0 atom stereocenters. The lowest BCUT2D eigenvalue weighted by Gasteiger charge is -2.16. The van der Waals surface area contributed by atoms with Gasteiger partial charge in [0.15, 0.2) is 11.1 Å². The number of aromatic nitrogens is 6. The maximum Gasteiger partial charge on any atom is 0.191 e. The van der Waals surface area contributed by atoms with E-state index >= 15 is 0 Å². The number of aryl methyl sites for hydroxylation is 2. The summed E-state index contributed by atoms with van der Waals surface area (Å²) < 4.78 is 4.12. The van der Waals surface area contributed by atoms with E-state index in [0.717, 1.165) is 42.2 Å². The zero-order valence-corrected chi connectivity index (χ0v) is 17.2. The monoisotopic (exact) mass is 391 g/mol. The predicted molar refractivity (Wildman–Crippen MR) is 107 cm³/mol. The standard InChI is InChI=1S/C17H29N9S/c1-18-16(20-11-15-21-12-22-25(15)2)19-10-6-9-14-23-24-17(27-3)26(14)13-7-4-5-8-13/h12-13H,4-11H2,1-3H3,(H2,18,19,20). The average molecular weight is 392 g/mol. The molecule has 2 N–H and O–H groups in total. The molecule has 2 aromatic heterocycles. The Hall–Kier alpha value is -2.10. The van der Waals surface area contributed by atoms with Gasteiger partial charge in [-0.3, -0.25) is 9.67 Å². The Morgan fingerprint density at radius 1 is 1.26 bits per heavy atom. The van der Waals surface area contributed by atoms with Gasteiger partial charge in [-0.2, -0.15) is 5.10 Å². The second kappa shape index (κ2) is 9.72. The molecular weight excluding hydrogens is 362 g/mol. The number of nitrogens with zero attached hydrogens (tertiary/aromatic N) is 7. The Morgan fingerprint density at radius 2 is 2.07 bits per heavy atom. The van der Waals surface area contributed by atoms with Crippen LogP contribution in [0.5, 0.6) is 0 Å². The Bertz CT molecular complexity index is 745. The van der Waals surface area contributed by atoms with E-state index in [-0.39, 0.29) is 0 Å². The van der Waals surface area contributed by atoms with Gasteiger partial charge >= 0.3 is 0 Å². The highest BCUT2D eigenvalue weighted by Crippen LogP contribution is 2.33. The fourth-order valence-electron chi connectivity index (χ4n) is 3.46. The van der Waals surface area contributed by atoms with Gasteiger partial charge < -0.3 is 15.2 Å². The molecule has 1 aliphatic rings. The molecule has 0 bridgehead atoms. The van der Waals surface area contributed by atoms with Gasteiger partial charge in [-0.05, 0) is 25.5 Å². The van der Waals surface area contributed by atoms with Gasteiger partial charge in [-0.15, -0.1) is 10.2 Å². The molecule has 0 aromatic carbocycles. The average Bonchev–Trinajstić information content (AvgIpc) is 3.41. The van der Waals surface area contributed by atoms with Gasteiger partial charge in [0.05, 0.1) is 6.54 Å². The van der Waals surface area contributed by atoms with Crippen LogP contribution < -0.4 is 10.6 Å². The minimum Gasteiger partial charge on any atom is -0.356 e. The quantitative estimate of drug-likeness (QED) is 0.305. The van der Waals surface area contributed by atoms with Gasteiger partial charge in [0.2, 0.25) is 0 Å². The zero-order chi connectivity index (χ0) is 19.1. The zero-order valence-electron chi connectivity index (χ0n) is 16.4. The number of aliphatic imine (C=N–C) groups is 1. The highest BCUT2D eigenvalue weighted by Gasteiger charge is 2.23. The summed E-state index contributed by atoms with van der Waals surface area (Å²) >= 11 is 1.69. The van der Waals surface area contributed by atoms with Gasteiger partial charge in [0.25, 0.3) is 0 Å². The number of nitrogens with one attached hydrogen (secondary N) is 2. The highest BCUT2D eigenvalue weighted by molar-refractivity contribution is 7.98. The molecule has 10 heteroatoms. The van der Waals surface area contributed by atoms with Crippen LogP contribution in [0.4, 0.5) is 0 Å². The lowest BCUT2D eigenvalue weighted by atomic mass is 10.2. The molecule has 2 aromatic rings. The summed E-state index contributed by atoms with van der Waals surface area (Å²) in [6, 6.07) is 0.575. The predicted octanol–water partition coefficient (Wildman–Crippen LogP) is 1.54. The number of hydrogen-bond donors (Lipinski definition) is 2. The number of thioether (sulfide) groups is 1. The summed E-state index contributed by atoms with van der Waals surface area (Å²) in [4.78, 5) is 8.46. The minimum absolute atomic E-state index is 0.575. The SMILES string of the molecule is CN=C(NCCCc1nnc(SC)n1C1CCCC1)NCc1ncnn1C. The van der Waals surface area contributed by atoms with Gasteiger partial charge in [-0.25, -0.2) is 4.98 Å². The molecule has 1 saturated carbocycles. The van der Waals surface area contributed by atoms with E-state index in [4.69, 9.17) is 0 Å². The summed E-state index contributed by atoms with van der Waals surface area (Å²) in [5.74, 6) is 2.74. The first-order valence-electron chi connectivity index (χ1n) is 9.48. The highest BCUT2D eigenvalue weighted by atomic mass is 32.2. The first-order chi connectivity index (χ1) is 13.2. The molecule has 2 heterocycles. The first-order valence-corrected chi connectivity index (χ1v) is 10.7. The molecule has 0 radical (unpaired) electrons. The second-order valence-electron chi connectivity index (χ2n) is 6.67. The van der Waals surface area contributed by atoms with E-state index in [1.165, 1.54) is 25.7 Å². The van der Waals surface area contributed by atoms with E-state index in [2.05, 4.69) is 46.7 Å². The Morgan fingerprint density at radius 3 is 2.74 bits per heavy atom. The number of guanidine groups is 1. The van der Waals surface area contributed by atoms with Crippen molar-refractivity contribution in [2.75, 3.05) is 19.8 Å². The topological polar surface area (TPSA) is 97.8 Å². The van der Waals surface area contributed by atoms with Crippen LogP contribution in [0.15, 0.2) is 16.5 Å². The molecule has 148 valence electrons. The van der Waals surface area contributed by atoms with Crippen LogP contribution in [-0.2, 0) is 20.0 Å². The van der Waals surface area contributed by atoms with Crippen LogP contribution in [0.2, 0.25) is 0 Å². The normalized spacial score (nSPS) is 15.4. The maximum atomic E-state index is 4.45. The summed E-state index contributed by atoms with van der Waals surface area (Å²) in [5, 5.41) is 20.6.